The van der Waals surface area contributed by atoms with Crippen LogP contribution >= 0.6 is 8.19 Å². The fraction of sp³-hybridized carbons (Fsp3) is 0.273. The van der Waals surface area contributed by atoms with Crippen LogP contribution < -0.4 is 0 Å². The molecule has 0 bridgehead atoms. The molecule has 0 nitrogen and oxygen atoms in total. The van der Waals surface area contributed by atoms with Crippen LogP contribution in [0, 0.1) is 26.0 Å². The molecule has 1 aromatic rings. The van der Waals surface area contributed by atoms with Gasteiger partial charge in [0.05, 0.1) is 0 Å². The minimum atomic E-state index is 0. The van der Waals surface area contributed by atoms with Gasteiger partial charge in [0.15, 0.2) is 0 Å². The molecule has 0 aromatic carbocycles. The van der Waals surface area contributed by atoms with E-state index < -0.39 is 0 Å². The van der Waals surface area contributed by atoms with E-state index in [1.54, 1.807) is 0 Å². The van der Waals surface area contributed by atoms with Crippen LogP contribution in [0.4, 0.5) is 0 Å². The molecule has 1 heterocycles. The predicted molar refractivity (Wildman–Crippen MR) is 55.8 cm³/mol. The zero-order chi connectivity index (χ0) is 8.81. The van der Waals surface area contributed by atoms with Crippen molar-refractivity contribution in [1.82, 2.24) is 0 Å². The zero-order valence-corrected chi connectivity index (χ0v) is 10.6. The van der Waals surface area contributed by atoms with Gasteiger partial charge in [-0.1, -0.05) is 13.8 Å². The maximum Gasteiger partial charge on any atom is 2.00 e. The molecule has 66 valence electrons. The van der Waals surface area contributed by atoms with E-state index in [0.29, 0.717) is 0 Å². The van der Waals surface area contributed by atoms with Gasteiger partial charge in [0.25, 0.3) is 0 Å². The van der Waals surface area contributed by atoms with Crippen LogP contribution in [0.3, 0.4) is 0 Å². The summed E-state index contributed by atoms with van der Waals surface area (Å²) in [6.45, 7) is 4.20. The van der Waals surface area contributed by atoms with Crippen LogP contribution in [0.5, 0.6) is 0 Å². The minimum Gasteiger partial charge on any atom is -0.273 e. The number of rotatable bonds is 0. The molecule has 1 unspecified atom stereocenters. The first-order valence-corrected chi connectivity index (χ1v) is 5.12. The summed E-state index contributed by atoms with van der Waals surface area (Å²) in [6, 6.07) is 3.21. The Kier molecular flexibility index (Phi) is 7.37. The zero-order valence-electron chi connectivity index (χ0n) is 8.02. The molecule has 2 heteroatoms. The molecule has 0 fully saturated rings. The Morgan fingerprint density at radius 1 is 1.38 bits per heavy atom. The molecular weight excluding hydrogens is 211 g/mol. The van der Waals surface area contributed by atoms with E-state index >= 15 is 0 Å². The van der Waals surface area contributed by atoms with Crippen molar-refractivity contribution in [2.24, 2.45) is 0 Å². The molecule has 1 aromatic heterocycles. The maximum absolute atomic E-state index is 3.21. The number of hydrogen-bond acceptors (Lipinski definition) is 0. The monoisotopic (exact) mass is 224 g/mol. The van der Waals surface area contributed by atoms with E-state index in [2.05, 4.69) is 37.9 Å². The van der Waals surface area contributed by atoms with Crippen LogP contribution in [-0.4, -0.2) is 0 Å². The van der Waals surface area contributed by atoms with Crippen LogP contribution in [0.1, 0.15) is 17.3 Å². The Morgan fingerprint density at radius 3 is 2.31 bits per heavy atom. The molecule has 0 aliphatic heterocycles. The third-order valence-corrected chi connectivity index (χ3v) is 2.61. The molecular formula is C11H13PTi. The van der Waals surface area contributed by atoms with Crippen LogP contribution in [0.25, 0.3) is 0 Å². The van der Waals surface area contributed by atoms with E-state index in [-0.39, 0.29) is 21.7 Å². The van der Waals surface area contributed by atoms with Gasteiger partial charge in [-0.3, -0.25) is 6.08 Å². The van der Waals surface area contributed by atoms with Crippen molar-refractivity contribution in [3.63, 3.8) is 0 Å². The fourth-order valence-electron chi connectivity index (χ4n) is 0.925. The summed E-state index contributed by atoms with van der Waals surface area (Å²) >= 11 is 0. The summed E-state index contributed by atoms with van der Waals surface area (Å²) in [7, 11) is 0.906. The van der Waals surface area contributed by atoms with Gasteiger partial charge < -0.3 is 0 Å². The van der Waals surface area contributed by atoms with Crippen LogP contribution in [0.2, 0.25) is 0 Å². The molecule has 13 heavy (non-hydrogen) atoms. The Labute approximate surface area is 97.1 Å². The van der Waals surface area contributed by atoms with Crippen LogP contribution in [-0.2, 0) is 21.7 Å². The third-order valence-electron chi connectivity index (χ3n) is 1.48. The molecule has 0 radical (unpaired) electrons. The standard InChI is InChI=1S/C6H8P.C5H5.Ti/c1-5-3-6(2)7-4-5;1-2-4-5-3-1;/h4,7H,1-2H3;1-3H,4H2;/q2*-1;+2. The van der Waals surface area contributed by atoms with Crippen LogP contribution in [0.15, 0.2) is 24.0 Å². The summed E-state index contributed by atoms with van der Waals surface area (Å²) in [4.78, 5) is 0. The van der Waals surface area contributed by atoms with E-state index in [0.717, 1.165) is 14.6 Å². The maximum atomic E-state index is 3.21. The summed E-state index contributed by atoms with van der Waals surface area (Å²) < 4.78 is 0. The quantitative estimate of drug-likeness (QED) is 0.467. The second-order valence-corrected chi connectivity index (χ2v) is 4.05. The van der Waals surface area contributed by atoms with Gasteiger partial charge in [-0.15, -0.1) is 11.7 Å². The number of allylic oxidation sites excluding steroid dienone is 4. The van der Waals surface area contributed by atoms with Crippen molar-refractivity contribution in [2.75, 3.05) is 0 Å². The normalized spacial score (nSPS) is 12.5. The van der Waals surface area contributed by atoms with Crippen molar-refractivity contribution in [3.8, 4) is 0 Å². The topological polar surface area (TPSA) is 0 Å². The Bertz CT molecular complexity index is 258. The Hall–Kier alpha value is -0.0257. The smallest absolute Gasteiger partial charge is 0.273 e. The predicted octanol–water partition coefficient (Wildman–Crippen LogP) is 3.44. The van der Waals surface area contributed by atoms with Crippen molar-refractivity contribution in [1.29, 1.82) is 0 Å². The van der Waals surface area contributed by atoms with Gasteiger partial charge in [0, 0.05) is 0 Å². The van der Waals surface area contributed by atoms with Gasteiger partial charge in [-0.2, -0.15) is 11.9 Å². The average molecular weight is 224 g/mol. The summed E-state index contributed by atoms with van der Waals surface area (Å²) in [6.07, 6.45) is 10.0. The van der Waals surface area contributed by atoms with E-state index in [9.17, 15) is 0 Å². The second kappa shape index (κ2) is 7.38. The molecule has 0 N–H and O–H groups in total. The molecule has 1 aliphatic rings. The van der Waals surface area contributed by atoms with Crippen molar-refractivity contribution < 1.29 is 21.7 Å². The molecule has 1 aliphatic carbocycles. The fourth-order valence-corrected chi connectivity index (χ4v) is 1.70. The van der Waals surface area contributed by atoms with Gasteiger partial charge in [0.2, 0.25) is 0 Å². The summed E-state index contributed by atoms with van der Waals surface area (Å²) in [5, 5.41) is 1.39. The third kappa shape index (κ3) is 6.10. The first-order chi connectivity index (χ1) is 5.79. The van der Waals surface area contributed by atoms with Gasteiger partial charge >= 0.3 is 21.7 Å². The average Bonchev–Trinajstić information content (AvgIpc) is 2.63. The number of hydrogen-bond donors (Lipinski definition) is 0. The molecule has 0 saturated carbocycles. The Balaban J connectivity index is 0.000000215. The first kappa shape index (κ1) is 13.0. The van der Waals surface area contributed by atoms with Crippen molar-refractivity contribution >= 4 is 8.19 Å². The van der Waals surface area contributed by atoms with E-state index in [1.165, 1.54) is 10.9 Å². The van der Waals surface area contributed by atoms with Crippen molar-refractivity contribution in [3.05, 3.63) is 47.0 Å². The molecule has 0 saturated heterocycles. The summed E-state index contributed by atoms with van der Waals surface area (Å²) in [5.41, 5.74) is 1.30. The molecule has 0 spiro atoms. The molecule has 1 atom stereocenters. The molecule has 0 amide bonds. The first-order valence-electron chi connectivity index (χ1n) is 4.04. The number of aryl methyl sites for hydroxylation is 2. The minimum absolute atomic E-state index is 0. The summed E-state index contributed by atoms with van der Waals surface area (Å²) in [5.74, 6) is 2.22. The SMILES string of the molecule is Cc1[c-]c(C)[pH]c1.[C-]1=CC=CC1.[Ti+2]. The molecule has 2 rings (SSSR count). The van der Waals surface area contributed by atoms with E-state index in [4.69, 9.17) is 0 Å². The van der Waals surface area contributed by atoms with Gasteiger partial charge in [-0.25, -0.2) is 32.0 Å². The Morgan fingerprint density at radius 2 is 2.15 bits per heavy atom. The van der Waals surface area contributed by atoms with Gasteiger partial charge in [-0.05, 0) is 0 Å². The largest absolute Gasteiger partial charge is 2.00 e. The second-order valence-electron chi connectivity index (χ2n) is 2.72. The van der Waals surface area contributed by atoms with E-state index in [1.807, 2.05) is 12.2 Å². The van der Waals surface area contributed by atoms with Crippen molar-refractivity contribution in [2.45, 2.75) is 20.3 Å². The van der Waals surface area contributed by atoms with Gasteiger partial charge in [0.1, 0.15) is 0 Å².